The van der Waals surface area contributed by atoms with Gasteiger partial charge in [0.15, 0.2) is 5.75 Å². The van der Waals surface area contributed by atoms with Gasteiger partial charge in [-0.15, -0.1) is 0 Å². The van der Waals surface area contributed by atoms with Crippen molar-refractivity contribution in [2.45, 2.75) is 65.2 Å². The fourth-order valence-corrected chi connectivity index (χ4v) is 5.74. The van der Waals surface area contributed by atoms with Gasteiger partial charge in [0.05, 0.1) is 10.9 Å². The standard InChI is InChI=1S/C25H30Cl2O2/c1-15-6-8-17(9-7-15)18-10-12-19(13-11-18)25(28)29-24-20-5-3-4-16(2)21(20)14-22(26)23(24)27/h3-5,14-15,17-19H,6-13H2,1-2H3. The lowest BCUT2D eigenvalue weighted by atomic mass is 9.69. The zero-order valence-corrected chi connectivity index (χ0v) is 18.9. The van der Waals surface area contributed by atoms with E-state index in [1.807, 2.05) is 31.2 Å². The average Bonchev–Trinajstić information content (AvgIpc) is 2.73. The molecule has 2 aliphatic rings. The van der Waals surface area contributed by atoms with Crippen molar-refractivity contribution in [2.75, 3.05) is 0 Å². The monoisotopic (exact) mass is 432 g/mol. The first kappa shape index (κ1) is 21.0. The molecule has 0 bridgehead atoms. The van der Waals surface area contributed by atoms with Crippen LogP contribution < -0.4 is 4.74 Å². The molecule has 4 heteroatoms. The number of carbonyl (C=O) groups is 1. The van der Waals surface area contributed by atoms with Gasteiger partial charge >= 0.3 is 5.97 Å². The molecule has 4 rings (SSSR count). The van der Waals surface area contributed by atoms with Crippen LogP contribution in [0.1, 0.15) is 63.9 Å². The predicted octanol–water partition coefficient (Wildman–Crippen LogP) is 7.99. The summed E-state index contributed by atoms with van der Waals surface area (Å²) in [6.45, 7) is 4.39. The molecule has 2 fully saturated rings. The van der Waals surface area contributed by atoms with Gasteiger partial charge in [0.25, 0.3) is 0 Å². The van der Waals surface area contributed by atoms with Crippen molar-refractivity contribution in [2.24, 2.45) is 23.7 Å². The highest BCUT2D eigenvalue weighted by Gasteiger charge is 2.33. The summed E-state index contributed by atoms with van der Waals surface area (Å²) in [6.07, 6.45) is 9.59. The molecule has 2 aliphatic carbocycles. The van der Waals surface area contributed by atoms with E-state index in [0.29, 0.717) is 15.8 Å². The molecule has 156 valence electrons. The molecule has 0 heterocycles. The first-order valence-electron chi connectivity index (χ1n) is 11.0. The second kappa shape index (κ2) is 8.86. The minimum absolute atomic E-state index is 0.0383. The van der Waals surface area contributed by atoms with Gasteiger partial charge in [0.1, 0.15) is 5.02 Å². The van der Waals surface area contributed by atoms with E-state index in [1.54, 1.807) is 0 Å². The zero-order chi connectivity index (χ0) is 20.5. The number of fused-ring (bicyclic) bond motifs is 1. The first-order valence-corrected chi connectivity index (χ1v) is 11.8. The molecule has 0 amide bonds. The summed E-state index contributed by atoms with van der Waals surface area (Å²) in [6, 6.07) is 7.76. The smallest absolute Gasteiger partial charge is 0.314 e. The van der Waals surface area contributed by atoms with Gasteiger partial charge in [0, 0.05) is 5.39 Å². The number of aryl methyl sites for hydroxylation is 1. The second-order valence-electron chi connectivity index (χ2n) is 9.22. The summed E-state index contributed by atoms with van der Waals surface area (Å²) in [7, 11) is 0. The first-order chi connectivity index (χ1) is 13.9. The molecule has 0 aromatic heterocycles. The Kier molecular flexibility index (Phi) is 6.41. The Morgan fingerprint density at radius 1 is 0.931 bits per heavy atom. The number of halogens is 2. The van der Waals surface area contributed by atoms with Gasteiger partial charge in [-0.1, -0.05) is 61.2 Å². The summed E-state index contributed by atoms with van der Waals surface area (Å²) < 4.78 is 5.87. The van der Waals surface area contributed by atoms with Gasteiger partial charge in [-0.3, -0.25) is 4.79 Å². The number of carbonyl (C=O) groups excluding carboxylic acids is 1. The molecule has 0 spiro atoms. The highest BCUT2D eigenvalue weighted by molar-refractivity contribution is 6.44. The highest BCUT2D eigenvalue weighted by atomic mass is 35.5. The summed E-state index contributed by atoms with van der Waals surface area (Å²) in [5.74, 6) is 2.74. The number of esters is 1. The molecule has 0 N–H and O–H groups in total. The van der Waals surface area contributed by atoms with Crippen LogP contribution >= 0.6 is 23.2 Å². The van der Waals surface area contributed by atoms with E-state index >= 15 is 0 Å². The Bertz CT molecular complexity index is 891. The second-order valence-corrected chi connectivity index (χ2v) is 10.0. The summed E-state index contributed by atoms with van der Waals surface area (Å²) in [5, 5.41) is 2.56. The molecule has 2 nitrogen and oxygen atoms in total. The molecule has 0 aliphatic heterocycles. The van der Waals surface area contributed by atoms with E-state index in [0.717, 1.165) is 59.8 Å². The van der Waals surface area contributed by atoms with E-state index in [9.17, 15) is 4.79 Å². The molecular formula is C25H30Cl2O2. The van der Waals surface area contributed by atoms with Gasteiger partial charge in [-0.25, -0.2) is 0 Å². The van der Waals surface area contributed by atoms with Crippen molar-refractivity contribution < 1.29 is 9.53 Å². The maximum atomic E-state index is 13.0. The Morgan fingerprint density at radius 2 is 1.55 bits per heavy atom. The van der Waals surface area contributed by atoms with Crippen LogP contribution in [0.2, 0.25) is 10.0 Å². The van der Waals surface area contributed by atoms with Crippen LogP contribution in [-0.4, -0.2) is 5.97 Å². The van der Waals surface area contributed by atoms with Gasteiger partial charge in [-0.2, -0.15) is 0 Å². The number of ether oxygens (including phenoxy) is 1. The number of benzene rings is 2. The number of rotatable bonds is 3. The van der Waals surface area contributed by atoms with Crippen molar-refractivity contribution >= 4 is 39.9 Å². The minimum Gasteiger partial charge on any atom is -0.424 e. The lowest BCUT2D eigenvalue weighted by Crippen LogP contribution is -2.30. The predicted molar refractivity (Wildman–Crippen MR) is 121 cm³/mol. The number of hydrogen-bond acceptors (Lipinski definition) is 2. The molecule has 29 heavy (non-hydrogen) atoms. The van der Waals surface area contributed by atoms with Crippen LogP contribution in [0.3, 0.4) is 0 Å². The van der Waals surface area contributed by atoms with Crippen LogP contribution in [0.25, 0.3) is 10.8 Å². The van der Waals surface area contributed by atoms with E-state index in [-0.39, 0.29) is 11.9 Å². The zero-order valence-electron chi connectivity index (χ0n) is 17.3. The largest absolute Gasteiger partial charge is 0.424 e. The third kappa shape index (κ3) is 4.44. The van der Waals surface area contributed by atoms with E-state index in [2.05, 4.69) is 6.92 Å². The molecule has 2 saturated carbocycles. The summed E-state index contributed by atoms with van der Waals surface area (Å²) in [5.41, 5.74) is 1.08. The van der Waals surface area contributed by atoms with E-state index in [4.69, 9.17) is 27.9 Å². The van der Waals surface area contributed by atoms with Gasteiger partial charge < -0.3 is 4.74 Å². The SMILES string of the molecule is Cc1cccc2c(OC(=O)C3CCC(C4CCC(C)CC4)CC3)c(Cl)c(Cl)cc12. The number of hydrogen-bond donors (Lipinski definition) is 0. The van der Waals surface area contributed by atoms with Crippen molar-refractivity contribution in [1.29, 1.82) is 0 Å². The van der Waals surface area contributed by atoms with Crippen molar-refractivity contribution in [3.05, 3.63) is 39.9 Å². The lowest BCUT2D eigenvalue weighted by Gasteiger charge is -2.36. The molecule has 0 radical (unpaired) electrons. The van der Waals surface area contributed by atoms with Crippen molar-refractivity contribution in [3.63, 3.8) is 0 Å². The van der Waals surface area contributed by atoms with Crippen LogP contribution in [0.4, 0.5) is 0 Å². The maximum absolute atomic E-state index is 13.0. The van der Waals surface area contributed by atoms with Crippen molar-refractivity contribution in [1.82, 2.24) is 0 Å². The third-order valence-electron chi connectivity index (χ3n) is 7.28. The summed E-state index contributed by atoms with van der Waals surface area (Å²) >= 11 is 12.8. The molecule has 0 atom stereocenters. The lowest BCUT2D eigenvalue weighted by molar-refractivity contribution is -0.140. The van der Waals surface area contributed by atoms with E-state index in [1.165, 1.54) is 25.7 Å². The molecule has 0 saturated heterocycles. The molecule has 0 unspecified atom stereocenters. The highest BCUT2D eigenvalue weighted by Crippen LogP contribution is 2.43. The van der Waals surface area contributed by atoms with Gasteiger partial charge in [-0.05, 0) is 80.2 Å². The Balaban J connectivity index is 1.44. The van der Waals surface area contributed by atoms with Crippen LogP contribution in [-0.2, 0) is 4.79 Å². The normalized spacial score (nSPS) is 27.7. The Morgan fingerprint density at radius 3 is 2.21 bits per heavy atom. The van der Waals surface area contributed by atoms with Crippen LogP contribution in [0.15, 0.2) is 24.3 Å². The van der Waals surface area contributed by atoms with Crippen LogP contribution in [0.5, 0.6) is 5.75 Å². The third-order valence-corrected chi connectivity index (χ3v) is 8.05. The quantitative estimate of drug-likeness (QED) is 0.362. The Labute approximate surface area is 183 Å². The maximum Gasteiger partial charge on any atom is 0.314 e. The van der Waals surface area contributed by atoms with E-state index < -0.39 is 0 Å². The average molecular weight is 433 g/mol. The fraction of sp³-hybridized carbons (Fsp3) is 0.560. The molecular weight excluding hydrogens is 403 g/mol. The summed E-state index contributed by atoms with van der Waals surface area (Å²) in [4.78, 5) is 13.0. The topological polar surface area (TPSA) is 26.3 Å². The Hall–Kier alpha value is -1.25. The molecule has 2 aromatic rings. The van der Waals surface area contributed by atoms with Gasteiger partial charge in [0.2, 0.25) is 0 Å². The minimum atomic E-state index is -0.160. The molecule has 2 aromatic carbocycles. The van der Waals surface area contributed by atoms with Crippen molar-refractivity contribution in [3.8, 4) is 5.75 Å². The van der Waals surface area contributed by atoms with Crippen LogP contribution in [0, 0.1) is 30.6 Å². The fourth-order valence-electron chi connectivity index (χ4n) is 5.35.